The molecule has 0 spiro atoms. The van der Waals surface area contributed by atoms with E-state index in [9.17, 15) is 13.2 Å². The topological polar surface area (TPSA) is 89.3 Å². The lowest BCUT2D eigenvalue weighted by Crippen LogP contribution is -2.42. The summed E-state index contributed by atoms with van der Waals surface area (Å²) in [4.78, 5) is 11.3. The number of sulfone groups is 1. The molecule has 0 fully saturated rings. The molecule has 6 heteroatoms. The minimum atomic E-state index is -3.06. The second-order valence-corrected chi connectivity index (χ2v) is 5.96. The lowest BCUT2D eigenvalue weighted by atomic mass is 10.2. The van der Waals surface area contributed by atoms with E-state index in [1.165, 1.54) is 0 Å². The van der Waals surface area contributed by atoms with Crippen LogP contribution in [0.2, 0.25) is 0 Å². The van der Waals surface area contributed by atoms with E-state index in [2.05, 4.69) is 11.9 Å². The van der Waals surface area contributed by atoms with Crippen LogP contribution in [0.15, 0.2) is 12.2 Å². The number of amides is 1. The van der Waals surface area contributed by atoms with E-state index in [-0.39, 0.29) is 18.1 Å². The summed E-state index contributed by atoms with van der Waals surface area (Å²) in [6.07, 6.45) is 1.26. The zero-order valence-electron chi connectivity index (χ0n) is 9.12. The van der Waals surface area contributed by atoms with Gasteiger partial charge in [0.15, 0.2) is 0 Å². The first-order valence-corrected chi connectivity index (χ1v) is 6.64. The number of hydrogen-bond donors (Lipinski definition) is 2. The zero-order valence-corrected chi connectivity index (χ0v) is 9.93. The highest BCUT2D eigenvalue weighted by Crippen LogP contribution is 1.94. The molecule has 0 bridgehead atoms. The van der Waals surface area contributed by atoms with Crippen molar-refractivity contribution in [1.29, 1.82) is 0 Å². The number of carbonyl (C=O) groups excluding carboxylic acids is 1. The molecule has 0 aromatic heterocycles. The molecule has 88 valence electrons. The van der Waals surface area contributed by atoms with Crippen molar-refractivity contribution in [2.45, 2.75) is 19.4 Å². The van der Waals surface area contributed by atoms with E-state index < -0.39 is 15.9 Å². The van der Waals surface area contributed by atoms with E-state index in [1.807, 2.05) is 0 Å². The van der Waals surface area contributed by atoms with Gasteiger partial charge in [-0.3, -0.25) is 4.79 Å². The van der Waals surface area contributed by atoms with Crippen LogP contribution in [-0.4, -0.2) is 38.9 Å². The number of nitrogens with one attached hydrogen (secondary N) is 1. The summed E-state index contributed by atoms with van der Waals surface area (Å²) in [6.45, 7) is 5.77. The minimum absolute atomic E-state index is 0.0747. The summed E-state index contributed by atoms with van der Waals surface area (Å²) >= 11 is 0. The fraction of sp³-hybridized carbons (Fsp3) is 0.667. The molecule has 0 radical (unpaired) electrons. The van der Waals surface area contributed by atoms with Crippen molar-refractivity contribution < 1.29 is 13.2 Å². The molecular formula is C9H18N2O3S. The van der Waals surface area contributed by atoms with E-state index in [0.29, 0.717) is 6.54 Å². The molecule has 0 aromatic carbocycles. The fourth-order valence-corrected chi connectivity index (χ4v) is 1.52. The monoisotopic (exact) mass is 234 g/mol. The SMILES string of the molecule is C=C(C)CNC(=O)C(N)CCS(C)(=O)=O. The maximum absolute atomic E-state index is 11.3. The van der Waals surface area contributed by atoms with Crippen LogP contribution in [0.25, 0.3) is 0 Å². The molecule has 3 N–H and O–H groups in total. The van der Waals surface area contributed by atoms with Crippen LogP contribution in [-0.2, 0) is 14.6 Å². The molecule has 0 aliphatic rings. The van der Waals surface area contributed by atoms with Crippen molar-refractivity contribution in [3.05, 3.63) is 12.2 Å². The number of rotatable bonds is 6. The maximum Gasteiger partial charge on any atom is 0.237 e. The first kappa shape index (κ1) is 14.1. The third kappa shape index (κ3) is 8.14. The highest BCUT2D eigenvalue weighted by molar-refractivity contribution is 7.90. The summed E-state index contributed by atoms with van der Waals surface area (Å²) in [6, 6.07) is -0.779. The van der Waals surface area contributed by atoms with Gasteiger partial charge < -0.3 is 11.1 Å². The lowest BCUT2D eigenvalue weighted by molar-refractivity contribution is -0.122. The Morgan fingerprint density at radius 3 is 2.47 bits per heavy atom. The Morgan fingerprint density at radius 1 is 1.53 bits per heavy atom. The Morgan fingerprint density at radius 2 is 2.07 bits per heavy atom. The van der Waals surface area contributed by atoms with Gasteiger partial charge in [-0.15, -0.1) is 0 Å². The molecule has 0 rings (SSSR count). The van der Waals surface area contributed by atoms with Crippen molar-refractivity contribution in [2.75, 3.05) is 18.6 Å². The second kappa shape index (κ2) is 5.87. The van der Waals surface area contributed by atoms with Crippen molar-refractivity contribution >= 4 is 15.7 Å². The number of carbonyl (C=O) groups is 1. The Bertz CT molecular complexity index is 335. The molecule has 0 saturated carbocycles. The third-order valence-electron chi connectivity index (χ3n) is 1.70. The van der Waals surface area contributed by atoms with Crippen LogP contribution in [0.1, 0.15) is 13.3 Å². The van der Waals surface area contributed by atoms with Gasteiger partial charge in [-0.2, -0.15) is 0 Å². The summed E-state index contributed by atoms with van der Waals surface area (Å²) in [5, 5.41) is 2.56. The molecule has 5 nitrogen and oxygen atoms in total. The van der Waals surface area contributed by atoms with Crippen LogP contribution in [0, 0.1) is 0 Å². The quantitative estimate of drug-likeness (QED) is 0.603. The third-order valence-corrected chi connectivity index (χ3v) is 2.68. The molecule has 0 aliphatic heterocycles. The molecule has 1 amide bonds. The van der Waals surface area contributed by atoms with Crippen LogP contribution in [0.4, 0.5) is 0 Å². The van der Waals surface area contributed by atoms with Gasteiger partial charge in [0.05, 0.1) is 11.8 Å². The summed E-state index contributed by atoms with van der Waals surface area (Å²) in [5.41, 5.74) is 6.32. The highest BCUT2D eigenvalue weighted by Gasteiger charge is 2.15. The Hall–Kier alpha value is -0.880. The van der Waals surface area contributed by atoms with Crippen LogP contribution >= 0.6 is 0 Å². The summed E-state index contributed by atoms with van der Waals surface area (Å²) in [5.74, 6) is -0.420. The van der Waals surface area contributed by atoms with Crippen molar-refractivity contribution in [3.8, 4) is 0 Å². The average molecular weight is 234 g/mol. The normalized spacial score (nSPS) is 13.3. The number of nitrogens with two attached hydrogens (primary N) is 1. The minimum Gasteiger partial charge on any atom is -0.351 e. The van der Waals surface area contributed by atoms with Crippen LogP contribution in [0.5, 0.6) is 0 Å². The second-order valence-electron chi connectivity index (χ2n) is 3.70. The van der Waals surface area contributed by atoms with Gasteiger partial charge in [-0.05, 0) is 13.3 Å². The molecular weight excluding hydrogens is 216 g/mol. The van der Waals surface area contributed by atoms with Crippen LogP contribution in [0.3, 0.4) is 0 Å². The molecule has 0 aliphatic carbocycles. The molecule has 1 unspecified atom stereocenters. The number of hydrogen-bond acceptors (Lipinski definition) is 4. The largest absolute Gasteiger partial charge is 0.351 e. The molecule has 0 heterocycles. The maximum atomic E-state index is 11.3. The zero-order chi connectivity index (χ0) is 12.1. The predicted molar refractivity (Wildman–Crippen MR) is 60.1 cm³/mol. The van der Waals surface area contributed by atoms with Gasteiger partial charge in [-0.1, -0.05) is 12.2 Å². The molecule has 15 heavy (non-hydrogen) atoms. The van der Waals surface area contributed by atoms with E-state index in [0.717, 1.165) is 11.8 Å². The van der Waals surface area contributed by atoms with Crippen molar-refractivity contribution in [2.24, 2.45) is 5.73 Å². The van der Waals surface area contributed by atoms with Gasteiger partial charge in [0.25, 0.3) is 0 Å². The average Bonchev–Trinajstić information content (AvgIpc) is 2.08. The molecule has 0 aromatic rings. The van der Waals surface area contributed by atoms with Crippen molar-refractivity contribution in [3.63, 3.8) is 0 Å². The fourth-order valence-electron chi connectivity index (χ4n) is 0.841. The highest BCUT2D eigenvalue weighted by atomic mass is 32.2. The van der Waals surface area contributed by atoms with Crippen LogP contribution < -0.4 is 11.1 Å². The van der Waals surface area contributed by atoms with Gasteiger partial charge in [0.2, 0.25) is 5.91 Å². The van der Waals surface area contributed by atoms with Crippen molar-refractivity contribution in [1.82, 2.24) is 5.32 Å². The summed E-state index contributed by atoms with van der Waals surface area (Å²) < 4.78 is 21.6. The molecule has 0 saturated heterocycles. The van der Waals surface area contributed by atoms with E-state index in [1.54, 1.807) is 6.92 Å². The molecule has 1 atom stereocenters. The van der Waals surface area contributed by atoms with Gasteiger partial charge >= 0.3 is 0 Å². The smallest absolute Gasteiger partial charge is 0.237 e. The Labute approximate surface area is 90.6 Å². The van der Waals surface area contributed by atoms with Gasteiger partial charge in [0, 0.05) is 12.8 Å². The van der Waals surface area contributed by atoms with Gasteiger partial charge in [0.1, 0.15) is 9.84 Å². The van der Waals surface area contributed by atoms with E-state index >= 15 is 0 Å². The Balaban J connectivity index is 3.95. The summed E-state index contributed by atoms with van der Waals surface area (Å²) in [7, 11) is -3.06. The predicted octanol–water partition coefficient (Wildman–Crippen LogP) is -0.559. The van der Waals surface area contributed by atoms with E-state index in [4.69, 9.17) is 5.73 Å². The Kier molecular flexibility index (Phi) is 5.53. The first-order chi connectivity index (χ1) is 6.72. The lowest BCUT2D eigenvalue weighted by Gasteiger charge is -2.11. The first-order valence-electron chi connectivity index (χ1n) is 4.58. The standard InChI is InChI=1S/C9H18N2O3S/c1-7(2)6-11-9(12)8(10)4-5-15(3,13)14/h8H,1,4-6,10H2,2-3H3,(H,11,12). The van der Waals surface area contributed by atoms with Gasteiger partial charge in [-0.25, -0.2) is 8.42 Å².